The van der Waals surface area contributed by atoms with Crippen molar-refractivity contribution >= 4 is 39.1 Å². The number of nitrogens with zero attached hydrogens (tertiary/aromatic N) is 1. The van der Waals surface area contributed by atoms with Gasteiger partial charge in [-0.25, -0.2) is 8.42 Å². The zero-order valence-corrected chi connectivity index (χ0v) is 16.8. The number of sulfonamides is 1. The van der Waals surface area contributed by atoms with Crippen LogP contribution in [0, 0.1) is 0 Å². The van der Waals surface area contributed by atoms with Crippen LogP contribution in [0.4, 0.5) is 11.6 Å². The van der Waals surface area contributed by atoms with E-state index in [1.165, 1.54) is 23.8 Å². The zero-order chi connectivity index (χ0) is 20.3. The van der Waals surface area contributed by atoms with Gasteiger partial charge in [-0.15, -0.1) is 0 Å². The van der Waals surface area contributed by atoms with E-state index in [9.17, 15) is 13.2 Å². The highest BCUT2D eigenvalue weighted by atomic mass is 35.5. The number of carbonyl (C=O) groups excluding carboxylic acids is 1. The Labute approximate surface area is 167 Å². The number of nitrogens with one attached hydrogen (secondary N) is 2. The van der Waals surface area contributed by atoms with Crippen molar-refractivity contribution in [3.63, 3.8) is 0 Å². The predicted molar refractivity (Wildman–Crippen MR) is 109 cm³/mol. The Hall–Kier alpha value is -2.84. The van der Waals surface area contributed by atoms with Gasteiger partial charge in [0.25, 0.3) is 5.91 Å². The highest BCUT2D eigenvalue weighted by Gasteiger charge is 2.14. The fraction of sp³-hybridized carbons (Fsp3) is 0.158. The van der Waals surface area contributed by atoms with Gasteiger partial charge in [-0.1, -0.05) is 47.9 Å². The summed E-state index contributed by atoms with van der Waals surface area (Å²) in [6.45, 7) is 2.08. The SMILES string of the molecule is CCc1ccc(-c2cc(NC(=O)c3ccc(Cl)c(NS(C)(=O)=O)c3)on2)cc1. The lowest BCUT2D eigenvalue weighted by atomic mass is 10.1. The molecule has 28 heavy (non-hydrogen) atoms. The van der Waals surface area contributed by atoms with Crippen molar-refractivity contribution in [3.05, 3.63) is 64.7 Å². The highest BCUT2D eigenvalue weighted by molar-refractivity contribution is 7.92. The maximum Gasteiger partial charge on any atom is 0.258 e. The molecule has 0 unspecified atom stereocenters. The number of benzene rings is 2. The largest absolute Gasteiger partial charge is 0.338 e. The maximum absolute atomic E-state index is 12.5. The normalized spacial score (nSPS) is 11.2. The third-order valence-electron chi connectivity index (χ3n) is 3.93. The number of hydrogen-bond acceptors (Lipinski definition) is 5. The molecular formula is C19H18ClN3O4S. The quantitative estimate of drug-likeness (QED) is 0.624. The minimum Gasteiger partial charge on any atom is -0.338 e. The summed E-state index contributed by atoms with van der Waals surface area (Å²) in [5.41, 5.74) is 3.00. The molecule has 0 spiro atoms. The number of amides is 1. The second-order valence-electron chi connectivity index (χ2n) is 6.15. The van der Waals surface area contributed by atoms with Crippen LogP contribution in [0.5, 0.6) is 0 Å². The summed E-state index contributed by atoms with van der Waals surface area (Å²) in [6, 6.07) is 13.8. The first-order chi connectivity index (χ1) is 13.2. The molecule has 7 nitrogen and oxygen atoms in total. The molecule has 0 bridgehead atoms. The van der Waals surface area contributed by atoms with Crippen molar-refractivity contribution in [2.75, 3.05) is 16.3 Å². The molecule has 9 heteroatoms. The molecule has 1 heterocycles. The molecule has 2 N–H and O–H groups in total. The maximum atomic E-state index is 12.5. The molecule has 0 saturated heterocycles. The average Bonchev–Trinajstić information content (AvgIpc) is 3.11. The monoisotopic (exact) mass is 419 g/mol. The van der Waals surface area contributed by atoms with Crippen molar-refractivity contribution in [1.82, 2.24) is 5.16 Å². The standard InChI is InChI=1S/C19H18ClN3O4S/c1-3-12-4-6-13(7-5-12)16-11-18(27-22-16)21-19(24)14-8-9-15(20)17(10-14)23-28(2,25)26/h4-11,23H,3H2,1-2H3,(H,21,24). The number of carbonyl (C=O) groups is 1. The van der Waals surface area contributed by atoms with Crippen molar-refractivity contribution in [2.45, 2.75) is 13.3 Å². The Kier molecular flexibility index (Phi) is 5.71. The Morgan fingerprint density at radius 2 is 1.86 bits per heavy atom. The van der Waals surface area contributed by atoms with Gasteiger partial charge in [0, 0.05) is 17.2 Å². The lowest BCUT2D eigenvalue weighted by Gasteiger charge is -2.08. The van der Waals surface area contributed by atoms with E-state index in [1.807, 2.05) is 24.3 Å². The van der Waals surface area contributed by atoms with E-state index in [0.29, 0.717) is 5.69 Å². The lowest BCUT2D eigenvalue weighted by Crippen LogP contribution is -2.14. The Balaban J connectivity index is 1.76. The van der Waals surface area contributed by atoms with Crippen molar-refractivity contribution in [3.8, 4) is 11.3 Å². The average molecular weight is 420 g/mol. The number of aromatic nitrogens is 1. The summed E-state index contributed by atoms with van der Waals surface area (Å²) in [7, 11) is -3.53. The summed E-state index contributed by atoms with van der Waals surface area (Å²) in [5, 5.41) is 6.74. The van der Waals surface area contributed by atoms with Crippen LogP contribution in [0.25, 0.3) is 11.3 Å². The van der Waals surface area contributed by atoms with E-state index in [2.05, 4.69) is 22.1 Å². The van der Waals surface area contributed by atoms with Crippen LogP contribution < -0.4 is 10.0 Å². The summed E-state index contributed by atoms with van der Waals surface area (Å²) < 4.78 is 30.3. The Bertz CT molecular complexity index is 1110. The molecule has 0 atom stereocenters. The highest BCUT2D eigenvalue weighted by Crippen LogP contribution is 2.26. The smallest absolute Gasteiger partial charge is 0.258 e. The van der Waals surface area contributed by atoms with Crippen LogP contribution in [0.1, 0.15) is 22.8 Å². The van der Waals surface area contributed by atoms with Crippen LogP contribution in [0.2, 0.25) is 5.02 Å². The number of hydrogen-bond donors (Lipinski definition) is 2. The molecule has 0 aliphatic heterocycles. The van der Waals surface area contributed by atoms with E-state index in [0.717, 1.165) is 18.2 Å². The molecule has 1 amide bonds. The van der Waals surface area contributed by atoms with E-state index in [-0.39, 0.29) is 22.2 Å². The van der Waals surface area contributed by atoms with Gasteiger partial charge in [-0.05, 0) is 30.2 Å². The first kappa shape index (κ1) is 19.9. The molecule has 3 aromatic rings. The molecule has 1 aromatic heterocycles. The molecular weight excluding hydrogens is 402 g/mol. The molecule has 0 aliphatic rings. The molecule has 2 aromatic carbocycles. The second-order valence-corrected chi connectivity index (χ2v) is 8.31. The predicted octanol–water partition coefficient (Wildman–Crippen LogP) is 4.18. The Morgan fingerprint density at radius 3 is 2.50 bits per heavy atom. The van der Waals surface area contributed by atoms with E-state index >= 15 is 0 Å². The first-order valence-electron chi connectivity index (χ1n) is 8.40. The van der Waals surface area contributed by atoms with Crippen LogP contribution in [-0.4, -0.2) is 25.7 Å². The van der Waals surface area contributed by atoms with E-state index < -0.39 is 15.9 Å². The number of rotatable bonds is 6. The van der Waals surface area contributed by atoms with Crippen LogP contribution in [-0.2, 0) is 16.4 Å². The van der Waals surface area contributed by atoms with Gasteiger partial charge in [0.2, 0.25) is 15.9 Å². The second kappa shape index (κ2) is 8.04. The summed E-state index contributed by atoms with van der Waals surface area (Å²) in [5.74, 6) is -0.315. The first-order valence-corrected chi connectivity index (χ1v) is 10.7. The van der Waals surface area contributed by atoms with Gasteiger partial charge >= 0.3 is 0 Å². The fourth-order valence-electron chi connectivity index (χ4n) is 2.51. The van der Waals surface area contributed by atoms with Gasteiger partial charge in [-0.3, -0.25) is 14.8 Å². The molecule has 146 valence electrons. The minimum absolute atomic E-state index is 0.117. The molecule has 0 saturated carbocycles. The topological polar surface area (TPSA) is 101 Å². The Morgan fingerprint density at radius 1 is 1.14 bits per heavy atom. The van der Waals surface area contributed by atoms with Crippen molar-refractivity contribution < 1.29 is 17.7 Å². The summed E-state index contributed by atoms with van der Waals surface area (Å²) in [4.78, 5) is 12.5. The lowest BCUT2D eigenvalue weighted by molar-refractivity contribution is 0.102. The third-order valence-corrected chi connectivity index (χ3v) is 4.85. The van der Waals surface area contributed by atoms with Crippen LogP contribution >= 0.6 is 11.6 Å². The summed E-state index contributed by atoms with van der Waals surface area (Å²) in [6.07, 6.45) is 1.94. The number of anilines is 2. The number of halogens is 1. The molecule has 0 aliphatic carbocycles. The van der Waals surface area contributed by atoms with E-state index in [4.69, 9.17) is 16.1 Å². The van der Waals surface area contributed by atoms with Crippen LogP contribution in [0.3, 0.4) is 0 Å². The molecule has 3 rings (SSSR count). The van der Waals surface area contributed by atoms with Gasteiger partial charge in [0.15, 0.2) is 0 Å². The zero-order valence-electron chi connectivity index (χ0n) is 15.2. The molecule has 0 fully saturated rings. The van der Waals surface area contributed by atoms with Crippen molar-refractivity contribution in [2.24, 2.45) is 0 Å². The third kappa shape index (κ3) is 4.90. The fourth-order valence-corrected chi connectivity index (χ4v) is 3.30. The number of aryl methyl sites for hydroxylation is 1. The van der Waals surface area contributed by atoms with Gasteiger partial charge < -0.3 is 4.52 Å². The van der Waals surface area contributed by atoms with Gasteiger partial charge in [0.1, 0.15) is 5.69 Å². The van der Waals surface area contributed by atoms with Crippen molar-refractivity contribution in [1.29, 1.82) is 0 Å². The van der Waals surface area contributed by atoms with Gasteiger partial charge in [-0.2, -0.15) is 0 Å². The molecule has 0 radical (unpaired) electrons. The summed E-state index contributed by atoms with van der Waals surface area (Å²) >= 11 is 5.97. The van der Waals surface area contributed by atoms with E-state index in [1.54, 1.807) is 6.07 Å². The van der Waals surface area contributed by atoms with Gasteiger partial charge in [0.05, 0.1) is 17.0 Å². The minimum atomic E-state index is -3.53. The van der Waals surface area contributed by atoms with Crippen LogP contribution in [0.15, 0.2) is 53.1 Å².